The Morgan fingerprint density at radius 3 is 2.57 bits per heavy atom. The van der Waals surface area contributed by atoms with Crippen molar-refractivity contribution in [2.24, 2.45) is 0 Å². The summed E-state index contributed by atoms with van der Waals surface area (Å²) in [5, 5.41) is 10.1. The summed E-state index contributed by atoms with van der Waals surface area (Å²) in [6.07, 6.45) is 8.10. The van der Waals surface area contributed by atoms with Crippen molar-refractivity contribution in [2.75, 3.05) is 20.1 Å². The summed E-state index contributed by atoms with van der Waals surface area (Å²) >= 11 is 0. The molecule has 3 heteroatoms. The number of pyridine rings is 1. The van der Waals surface area contributed by atoms with Gasteiger partial charge in [0.1, 0.15) is 0 Å². The van der Waals surface area contributed by atoms with Crippen molar-refractivity contribution in [3.05, 3.63) is 72.1 Å². The number of aromatic nitrogens is 1. The SMILES string of the molecule is CN(C/C=C/c1ccncc1)CC(O)Cc1ccccc1. The van der Waals surface area contributed by atoms with Gasteiger partial charge >= 0.3 is 0 Å². The Hall–Kier alpha value is -1.97. The molecular formula is C18H22N2O. The van der Waals surface area contributed by atoms with Gasteiger partial charge in [-0.2, -0.15) is 0 Å². The van der Waals surface area contributed by atoms with Crippen LogP contribution in [0.25, 0.3) is 6.08 Å². The predicted octanol–water partition coefficient (Wildman–Crippen LogP) is 2.63. The molecule has 1 unspecified atom stereocenters. The Morgan fingerprint density at radius 1 is 1.14 bits per heavy atom. The smallest absolute Gasteiger partial charge is 0.0707 e. The predicted molar refractivity (Wildman–Crippen MR) is 86.9 cm³/mol. The van der Waals surface area contributed by atoms with E-state index in [2.05, 4.69) is 22.0 Å². The molecule has 1 aromatic heterocycles. The number of hydrogen-bond acceptors (Lipinski definition) is 3. The standard InChI is InChI=1S/C18H22N2O/c1-20(13-5-8-16-9-11-19-12-10-16)15-18(21)14-17-6-3-2-4-7-17/h2-12,18,21H,13-15H2,1H3/b8-5+. The van der Waals surface area contributed by atoms with E-state index in [1.165, 1.54) is 5.56 Å². The van der Waals surface area contributed by atoms with Crippen LogP contribution in [-0.4, -0.2) is 41.2 Å². The first kappa shape index (κ1) is 15.4. The van der Waals surface area contributed by atoms with Crippen LogP contribution in [0.3, 0.4) is 0 Å². The van der Waals surface area contributed by atoms with Crippen molar-refractivity contribution in [3.8, 4) is 0 Å². The summed E-state index contributed by atoms with van der Waals surface area (Å²) in [7, 11) is 2.02. The molecule has 1 heterocycles. The topological polar surface area (TPSA) is 36.4 Å². The minimum atomic E-state index is -0.341. The highest BCUT2D eigenvalue weighted by Gasteiger charge is 2.07. The Balaban J connectivity index is 1.74. The molecule has 0 saturated carbocycles. The molecule has 0 radical (unpaired) electrons. The maximum atomic E-state index is 10.1. The van der Waals surface area contributed by atoms with E-state index < -0.39 is 0 Å². The van der Waals surface area contributed by atoms with Crippen LogP contribution in [0.2, 0.25) is 0 Å². The lowest BCUT2D eigenvalue weighted by molar-refractivity contribution is 0.131. The molecule has 1 aromatic carbocycles. The van der Waals surface area contributed by atoms with Gasteiger partial charge in [0.2, 0.25) is 0 Å². The van der Waals surface area contributed by atoms with E-state index in [-0.39, 0.29) is 6.10 Å². The van der Waals surface area contributed by atoms with Crippen LogP contribution >= 0.6 is 0 Å². The van der Waals surface area contributed by atoms with E-state index in [9.17, 15) is 5.11 Å². The highest BCUT2D eigenvalue weighted by Crippen LogP contribution is 2.04. The Morgan fingerprint density at radius 2 is 1.86 bits per heavy atom. The second-order valence-electron chi connectivity index (χ2n) is 5.25. The monoisotopic (exact) mass is 282 g/mol. The van der Waals surface area contributed by atoms with Gasteiger partial charge in [0.05, 0.1) is 6.10 Å². The summed E-state index contributed by atoms with van der Waals surface area (Å²) in [5.41, 5.74) is 2.31. The largest absolute Gasteiger partial charge is 0.391 e. The van der Waals surface area contributed by atoms with Crippen molar-refractivity contribution >= 4 is 6.08 Å². The van der Waals surface area contributed by atoms with Gasteiger partial charge in [-0.1, -0.05) is 42.5 Å². The van der Waals surface area contributed by atoms with Crippen LogP contribution in [0, 0.1) is 0 Å². The normalized spacial score (nSPS) is 12.9. The van der Waals surface area contributed by atoms with Crippen LogP contribution in [0.5, 0.6) is 0 Å². The first-order valence-electron chi connectivity index (χ1n) is 7.21. The van der Waals surface area contributed by atoms with Gasteiger partial charge in [0.25, 0.3) is 0 Å². The van der Waals surface area contributed by atoms with Gasteiger partial charge in [-0.05, 0) is 36.7 Å². The molecule has 1 N–H and O–H groups in total. The van der Waals surface area contributed by atoms with Crippen LogP contribution < -0.4 is 0 Å². The summed E-state index contributed by atoms with van der Waals surface area (Å²) in [4.78, 5) is 6.11. The molecule has 0 saturated heterocycles. The molecule has 0 fully saturated rings. The third-order valence-electron chi connectivity index (χ3n) is 3.27. The molecule has 2 aromatic rings. The number of aliphatic hydroxyl groups is 1. The fraction of sp³-hybridized carbons (Fsp3) is 0.278. The third kappa shape index (κ3) is 5.90. The Labute approximate surface area is 126 Å². The summed E-state index contributed by atoms with van der Waals surface area (Å²) in [6, 6.07) is 14.0. The fourth-order valence-electron chi connectivity index (χ4n) is 2.23. The zero-order valence-corrected chi connectivity index (χ0v) is 12.4. The molecule has 0 aliphatic heterocycles. The first-order valence-corrected chi connectivity index (χ1v) is 7.21. The molecule has 0 amide bonds. The van der Waals surface area contributed by atoms with Crippen molar-refractivity contribution in [1.82, 2.24) is 9.88 Å². The highest BCUT2D eigenvalue weighted by molar-refractivity contribution is 5.47. The first-order chi connectivity index (χ1) is 10.2. The van der Waals surface area contributed by atoms with Gasteiger partial charge in [-0.25, -0.2) is 0 Å². The molecule has 21 heavy (non-hydrogen) atoms. The molecule has 110 valence electrons. The average molecular weight is 282 g/mol. The van der Waals surface area contributed by atoms with Crippen molar-refractivity contribution in [1.29, 1.82) is 0 Å². The minimum absolute atomic E-state index is 0.341. The zero-order valence-electron chi connectivity index (χ0n) is 12.4. The third-order valence-corrected chi connectivity index (χ3v) is 3.27. The summed E-state index contributed by atoms with van der Waals surface area (Å²) < 4.78 is 0. The average Bonchev–Trinajstić information content (AvgIpc) is 2.49. The van der Waals surface area contributed by atoms with E-state index in [1.54, 1.807) is 12.4 Å². The highest BCUT2D eigenvalue weighted by atomic mass is 16.3. The van der Waals surface area contributed by atoms with Gasteiger partial charge in [-0.15, -0.1) is 0 Å². The molecule has 0 aliphatic carbocycles. The number of aliphatic hydroxyl groups excluding tert-OH is 1. The molecule has 1 atom stereocenters. The maximum Gasteiger partial charge on any atom is 0.0707 e. The van der Waals surface area contributed by atoms with E-state index in [0.29, 0.717) is 13.0 Å². The van der Waals surface area contributed by atoms with E-state index in [0.717, 1.165) is 12.1 Å². The number of benzene rings is 1. The fourth-order valence-corrected chi connectivity index (χ4v) is 2.23. The molecule has 0 bridgehead atoms. The number of likely N-dealkylation sites (N-methyl/N-ethyl adjacent to an activating group) is 1. The quantitative estimate of drug-likeness (QED) is 0.848. The van der Waals surface area contributed by atoms with Gasteiger partial charge in [0, 0.05) is 25.5 Å². The molecular weight excluding hydrogens is 260 g/mol. The van der Waals surface area contributed by atoms with Crippen molar-refractivity contribution < 1.29 is 5.11 Å². The summed E-state index contributed by atoms with van der Waals surface area (Å²) in [5.74, 6) is 0. The van der Waals surface area contributed by atoms with Crippen molar-refractivity contribution in [2.45, 2.75) is 12.5 Å². The van der Waals surface area contributed by atoms with Crippen LogP contribution in [0.4, 0.5) is 0 Å². The van der Waals surface area contributed by atoms with E-state index >= 15 is 0 Å². The van der Waals surface area contributed by atoms with E-state index in [4.69, 9.17) is 0 Å². The maximum absolute atomic E-state index is 10.1. The Bertz CT molecular complexity index is 540. The zero-order chi connectivity index (χ0) is 14.9. The van der Waals surface area contributed by atoms with Crippen LogP contribution in [-0.2, 0) is 6.42 Å². The lowest BCUT2D eigenvalue weighted by atomic mass is 10.1. The lowest BCUT2D eigenvalue weighted by Crippen LogP contribution is -2.30. The Kier molecular flexibility index (Phi) is 6.13. The number of nitrogens with zero attached hydrogens (tertiary/aromatic N) is 2. The second-order valence-corrected chi connectivity index (χ2v) is 5.25. The van der Waals surface area contributed by atoms with Gasteiger partial charge in [0.15, 0.2) is 0 Å². The van der Waals surface area contributed by atoms with E-state index in [1.807, 2.05) is 49.5 Å². The van der Waals surface area contributed by atoms with Crippen LogP contribution in [0.15, 0.2) is 60.9 Å². The van der Waals surface area contributed by atoms with Gasteiger partial charge in [-0.3, -0.25) is 4.98 Å². The molecule has 0 spiro atoms. The van der Waals surface area contributed by atoms with Gasteiger partial charge < -0.3 is 10.0 Å². The van der Waals surface area contributed by atoms with Crippen LogP contribution in [0.1, 0.15) is 11.1 Å². The number of hydrogen-bond donors (Lipinski definition) is 1. The summed E-state index contributed by atoms with van der Waals surface area (Å²) in [6.45, 7) is 1.48. The number of rotatable bonds is 7. The lowest BCUT2D eigenvalue weighted by Gasteiger charge is -2.19. The van der Waals surface area contributed by atoms with Crippen molar-refractivity contribution in [3.63, 3.8) is 0 Å². The second kappa shape index (κ2) is 8.35. The molecule has 3 nitrogen and oxygen atoms in total. The molecule has 0 aliphatic rings. The molecule has 2 rings (SSSR count). The minimum Gasteiger partial charge on any atom is -0.391 e.